The van der Waals surface area contributed by atoms with E-state index in [4.69, 9.17) is 0 Å². The Bertz CT molecular complexity index is 276. The zero-order valence-electron chi connectivity index (χ0n) is 5.74. The number of halogens is 4. The smallest absolute Gasteiger partial charge is 0.141 e. The second-order valence-corrected chi connectivity index (χ2v) is 5.56. The monoisotopic (exact) mass is 486 g/mol. The average Bonchev–Trinajstić information content (AvgIpc) is 1.97. The van der Waals surface area contributed by atoms with E-state index < -0.39 is 0 Å². The molecule has 0 aliphatic heterocycles. The molecule has 0 radical (unpaired) electrons. The summed E-state index contributed by atoms with van der Waals surface area (Å²) in [7, 11) is 0. The fourth-order valence-electron chi connectivity index (χ4n) is 0.557. The van der Waals surface area contributed by atoms with Crippen molar-refractivity contribution in [1.29, 1.82) is 0 Å². The summed E-state index contributed by atoms with van der Waals surface area (Å²) in [6.07, 6.45) is 0. The van der Waals surface area contributed by atoms with Crippen molar-refractivity contribution in [1.82, 2.24) is 0 Å². The molecule has 0 saturated carbocycles. The molecular weight excluding hydrogens is 489 g/mol. The molecule has 60 valence electrons. The molecule has 0 nitrogen and oxygen atoms in total. The maximum absolute atomic E-state index is 4.28. The normalized spacial score (nSPS) is 9.42. The molecule has 0 heterocycles. The molecule has 0 unspecified atom stereocenters. The van der Waals surface area contributed by atoms with Gasteiger partial charge in [0.05, 0.1) is 0 Å². The summed E-state index contributed by atoms with van der Waals surface area (Å²) in [5.41, 5.74) is 0. The van der Waals surface area contributed by atoms with Crippen molar-refractivity contribution >= 4 is 76.3 Å². The van der Waals surface area contributed by atoms with Crippen molar-refractivity contribution in [3.05, 3.63) is 24.0 Å². The van der Waals surface area contributed by atoms with E-state index in [2.05, 4.69) is 76.3 Å². The van der Waals surface area contributed by atoms with Crippen LogP contribution in [0, 0.1) is 0 Å². The maximum Gasteiger partial charge on any atom is 2.00 e. The van der Waals surface area contributed by atoms with Crippen LogP contribution in [0.5, 0.6) is 0 Å². The van der Waals surface area contributed by atoms with E-state index in [1.807, 2.05) is 6.07 Å². The Balaban J connectivity index is 0.00000121. The molecule has 0 amide bonds. The summed E-state index contributed by atoms with van der Waals surface area (Å²) in [5.74, 6) is 0. The van der Waals surface area contributed by atoms with Crippen molar-refractivity contribution in [3.8, 4) is 0 Å². The average molecular weight is 491 g/mol. The Morgan fingerprint density at radius 1 is 0.917 bits per heavy atom. The van der Waals surface area contributed by atoms with E-state index in [0.29, 0.717) is 0 Å². The quantitative estimate of drug-likeness (QED) is 0.224. The summed E-state index contributed by atoms with van der Waals surface area (Å²) >= 11 is 17.8. The maximum atomic E-state index is 4.28. The van der Waals surface area contributed by atoms with Crippen molar-refractivity contribution in [2.75, 3.05) is 0 Å². The van der Waals surface area contributed by atoms with Gasteiger partial charge in [-0.05, 0) is 69.8 Å². The molecular formula is C6H2Br4SZn+2. The molecule has 0 N–H and O–H groups in total. The fourth-order valence-corrected chi connectivity index (χ4v) is 3.32. The molecule has 0 bridgehead atoms. The Kier molecular flexibility index (Phi) is 6.90. The molecule has 0 aliphatic carbocycles. The van der Waals surface area contributed by atoms with E-state index in [-0.39, 0.29) is 19.5 Å². The number of hydrogen-bond donors (Lipinski definition) is 1. The Morgan fingerprint density at radius 2 is 1.42 bits per heavy atom. The minimum absolute atomic E-state index is 0. The first-order valence-electron chi connectivity index (χ1n) is 2.56. The number of hydrogen-bond acceptors (Lipinski definition) is 1. The predicted molar refractivity (Wildman–Crippen MR) is 64.5 cm³/mol. The summed E-state index contributed by atoms with van der Waals surface area (Å²) in [4.78, 5) is 0.889. The van der Waals surface area contributed by atoms with E-state index in [9.17, 15) is 0 Å². The van der Waals surface area contributed by atoms with Gasteiger partial charge in [-0.3, -0.25) is 0 Å². The topological polar surface area (TPSA) is 0 Å². The van der Waals surface area contributed by atoms with Crippen molar-refractivity contribution in [2.24, 2.45) is 0 Å². The Labute approximate surface area is 123 Å². The Hall–Kier alpha value is 2.11. The van der Waals surface area contributed by atoms with Gasteiger partial charge >= 0.3 is 19.5 Å². The van der Waals surface area contributed by atoms with E-state index in [1.54, 1.807) is 0 Å². The third-order valence-electron chi connectivity index (χ3n) is 1.09. The van der Waals surface area contributed by atoms with Crippen LogP contribution >= 0.6 is 76.3 Å². The number of rotatable bonds is 0. The van der Waals surface area contributed by atoms with Crippen molar-refractivity contribution < 1.29 is 19.5 Å². The first-order chi connectivity index (χ1) is 5.04. The molecule has 0 aliphatic rings. The van der Waals surface area contributed by atoms with Gasteiger partial charge in [-0.1, -0.05) is 0 Å². The van der Waals surface area contributed by atoms with Crippen LogP contribution in [0.15, 0.2) is 28.9 Å². The van der Waals surface area contributed by atoms with Gasteiger partial charge in [-0.25, -0.2) is 0 Å². The van der Waals surface area contributed by atoms with Gasteiger partial charge in [0.25, 0.3) is 0 Å². The van der Waals surface area contributed by atoms with E-state index in [1.165, 1.54) is 0 Å². The Morgan fingerprint density at radius 3 is 1.92 bits per heavy atom. The summed E-state index contributed by atoms with van der Waals surface area (Å²) in [5, 5.41) is 0. The first kappa shape index (κ1) is 14.1. The van der Waals surface area contributed by atoms with Gasteiger partial charge in [-0.2, -0.15) is 0 Å². The third-order valence-corrected chi connectivity index (χ3v) is 6.10. The molecule has 0 aromatic heterocycles. The first-order valence-corrected chi connectivity index (χ1v) is 6.18. The van der Waals surface area contributed by atoms with Crippen LogP contribution in [-0.4, -0.2) is 0 Å². The minimum Gasteiger partial charge on any atom is -0.141 e. The molecule has 1 aromatic rings. The third kappa shape index (κ3) is 3.06. The van der Waals surface area contributed by atoms with E-state index in [0.717, 1.165) is 22.8 Å². The van der Waals surface area contributed by atoms with Crippen molar-refractivity contribution in [2.45, 2.75) is 4.90 Å². The van der Waals surface area contributed by atoms with Crippen LogP contribution in [-0.2, 0) is 19.5 Å². The van der Waals surface area contributed by atoms with Crippen LogP contribution < -0.4 is 0 Å². The molecule has 0 fully saturated rings. The number of thiol groups is 1. The molecule has 0 saturated heterocycles. The van der Waals surface area contributed by atoms with Gasteiger partial charge in [0, 0.05) is 22.8 Å². The predicted octanol–water partition coefficient (Wildman–Crippen LogP) is 5.02. The molecule has 0 spiro atoms. The van der Waals surface area contributed by atoms with Gasteiger partial charge in [-0.15, -0.1) is 12.6 Å². The zero-order valence-corrected chi connectivity index (χ0v) is 15.9. The van der Waals surface area contributed by atoms with Crippen LogP contribution in [0.1, 0.15) is 0 Å². The minimum atomic E-state index is 0. The summed E-state index contributed by atoms with van der Waals surface area (Å²) < 4.78 is 3.88. The molecule has 1 aromatic carbocycles. The second-order valence-electron chi connectivity index (χ2n) is 1.82. The van der Waals surface area contributed by atoms with Gasteiger partial charge in [0.15, 0.2) is 0 Å². The van der Waals surface area contributed by atoms with Crippen LogP contribution in [0.2, 0.25) is 0 Å². The fraction of sp³-hybridized carbons (Fsp3) is 0. The SMILES string of the molecule is Sc1c(Br)cc(Br)c(Br)c1Br.[Zn+2]. The zero-order chi connectivity index (χ0) is 8.59. The molecule has 6 heteroatoms. The second kappa shape index (κ2) is 5.86. The van der Waals surface area contributed by atoms with Crippen molar-refractivity contribution in [3.63, 3.8) is 0 Å². The van der Waals surface area contributed by atoms with Gasteiger partial charge < -0.3 is 0 Å². The largest absolute Gasteiger partial charge is 2.00 e. The summed E-state index contributed by atoms with van der Waals surface area (Å²) in [6, 6.07) is 1.94. The number of benzene rings is 1. The van der Waals surface area contributed by atoms with Crippen LogP contribution in [0.25, 0.3) is 0 Å². The standard InChI is InChI=1S/C6H2Br4S.Zn/c7-2-1-3(8)6(11)5(10)4(2)9;/h1,11H;/q;+2. The van der Waals surface area contributed by atoms with E-state index >= 15 is 0 Å². The molecule has 12 heavy (non-hydrogen) atoms. The van der Waals surface area contributed by atoms with Crippen LogP contribution in [0.3, 0.4) is 0 Å². The molecule has 0 atom stereocenters. The summed E-state index contributed by atoms with van der Waals surface area (Å²) in [6.45, 7) is 0. The molecule has 1 rings (SSSR count). The van der Waals surface area contributed by atoms with Gasteiger partial charge in [0.2, 0.25) is 0 Å². The van der Waals surface area contributed by atoms with Crippen LogP contribution in [0.4, 0.5) is 0 Å². The van der Waals surface area contributed by atoms with Gasteiger partial charge in [0.1, 0.15) is 0 Å².